The third-order valence-electron chi connectivity index (χ3n) is 6.36. The number of hydrogen-bond donors (Lipinski definition) is 1. The van der Waals surface area contributed by atoms with Gasteiger partial charge in [-0.15, -0.1) is 0 Å². The fourth-order valence-electron chi connectivity index (χ4n) is 4.18. The minimum Gasteiger partial charge on any atom is -0.355 e. The van der Waals surface area contributed by atoms with Gasteiger partial charge in [-0.25, -0.2) is 9.37 Å². The number of rotatable bonds is 9. The molecule has 3 rings (SSSR count). The highest BCUT2D eigenvalue weighted by atomic mass is 32.2. The lowest BCUT2D eigenvalue weighted by Gasteiger charge is -2.33. The lowest BCUT2D eigenvalue weighted by molar-refractivity contribution is -0.120. The molecule has 0 spiro atoms. The van der Waals surface area contributed by atoms with Crippen molar-refractivity contribution in [3.8, 4) is 0 Å². The highest BCUT2D eigenvalue weighted by Crippen LogP contribution is 2.22. The lowest BCUT2D eigenvalue weighted by atomic mass is 10.0. The third kappa shape index (κ3) is 6.90. The first-order chi connectivity index (χ1) is 15.8. The van der Waals surface area contributed by atoms with Gasteiger partial charge in [0, 0.05) is 43.9 Å². The van der Waals surface area contributed by atoms with Crippen LogP contribution in [0.1, 0.15) is 56.4 Å². The minimum absolute atomic E-state index is 0.0472. The number of amides is 1. The molecule has 0 saturated carbocycles. The van der Waals surface area contributed by atoms with Crippen LogP contribution in [0.2, 0.25) is 0 Å². The number of thioether (sulfide) groups is 1. The molecule has 2 aromatic rings. The van der Waals surface area contributed by atoms with Gasteiger partial charge in [-0.1, -0.05) is 30.3 Å². The summed E-state index contributed by atoms with van der Waals surface area (Å²) in [4.78, 5) is 32.6. The maximum atomic E-state index is 13.2. The molecule has 1 fully saturated rings. The first-order valence-corrected chi connectivity index (χ1v) is 12.6. The summed E-state index contributed by atoms with van der Waals surface area (Å²) in [6.45, 7) is 8.72. The molecule has 0 aliphatic carbocycles. The van der Waals surface area contributed by atoms with E-state index in [1.807, 2.05) is 6.92 Å². The number of nitrogens with zero attached hydrogens (tertiary/aromatic N) is 3. The van der Waals surface area contributed by atoms with Crippen molar-refractivity contribution in [1.29, 1.82) is 0 Å². The van der Waals surface area contributed by atoms with Crippen LogP contribution >= 0.6 is 11.8 Å². The number of benzene rings is 1. The molecule has 2 atom stereocenters. The Hall–Kier alpha value is -2.19. The quantitative estimate of drug-likeness (QED) is 0.341. The molecule has 2 heterocycles. The van der Waals surface area contributed by atoms with E-state index >= 15 is 0 Å². The number of carbonyl (C=O) groups excluding carboxylic acids is 1. The van der Waals surface area contributed by atoms with Crippen LogP contribution in [0.4, 0.5) is 4.39 Å². The number of piperidine rings is 1. The van der Waals surface area contributed by atoms with E-state index in [0.717, 1.165) is 25.1 Å². The number of hydrogen-bond acceptors (Lipinski definition) is 5. The van der Waals surface area contributed by atoms with Gasteiger partial charge in [-0.2, -0.15) is 0 Å². The predicted molar refractivity (Wildman–Crippen MR) is 131 cm³/mol. The highest BCUT2D eigenvalue weighted by Gasteiger charge is 2.20. The van der Waals surface area contributed by atoms with E-state index in [-0.39, 0.29) is 22.5 Å². The SMILES string of the molecule is Cc1nc(SC(C)C(=O)NCCCN2CCCCC2C)n(C)c(=O)c1Cc1ccc(F)cc1. The van der Waals surface area contributed by atoms with Gasteiger partial charge in [-0.3, -0.25) is 14.2 Å². The molecule has 6 nitrogen and oxygen atoms in total. The molecule has 2 unspecified atom stereocenters. The van der Waals surface area contributed by atoms with Crippen LogP contribution in [0.25, 0.3) is 0 Å². The van der Waals surface area contributed by atoms with Crippen LogP contribution in [-0.4, -0.2) is 51.3 Å². The van der Waals surface area contributed by atoms with Gasteiger partial charge in [0.15, 0.2) is 5.16 Å². The van der Waals surface area contributed by atoms with Crippen molar-refractivity contribution in [3.63, 3.8) is 0 Å². The first-order valence-electron chi connectivity index (χ1n) is 11.8. The average molecular weight is 475 g/mol. The molecule has 1 saturated heterocycles. The van der Waals surface area contributed by atoms with Gasteiger partial charge in [0.2, 0.25) is 5.91 Å². The molecule has 1 aromatic carbocycles. The molecule has 180 valence electrons. The van der Waals surface area contributed by atoms with Gasteiger partial charge in [0.25, 0.3) is 5.56 Å². The zero-order valence-electron chi connectivity index (χ0n) is 20.1. The van der Waals surface area contributed by atoms with Gasteiger partial charge >= 0.3 is 0 Å². The Morgan fingerprint density at radius 1 is 1.30 bits per heavy atom. The van der Waals surface area contributed by atoms with Crippen LogP contribution in [-0.2, 0) is 18.3 Å². The smallest absolute Gasteiger partial charge is 0.257 e. The van der Waals surface area contributed by atoms with E-state index in [2.05, 4.69) is 22.1 Å². The van der Waals surface area contributed by atoms with E-state index in [0.29, 0.717) is 35.4 Å². The number of aryl methyl sites for hydroxylation is 1. The standard InChI is InChI=1S/C25H35FN4O2S/c1-17-8-5-6-14-30(17)15-7-13-27-23(31)19(3)33-25-28-18(2)22(24(32)29(25)4)16-20-9-11-21(26)12-10-20/h9-12,17,19H,5-8,13-16H2,1-4H3,(H,27,31). The molecule has 8 heteroatoms. The zero-order chi connectivity index (χ0) is 24.0. The molecule has 1 aliphatic heterocycles. The maximum Gasteiger partial charge on any atom is 0.257 e. The summed E-state index contributed by atoms with van der Waals surface area (Å²) >= 11 is 1.29. The van der Waals surface area contributed by atoms with Gasteiger partial charge < -0.3 is 10.2 Å². The van der Waals surface area contributed by atoms with E-state index in [4.69, 9.17) is 0 Å². The predicted octanol–water partition coefficient (Wildman–Crippen LogP) is 3.68. The summed E-state index contributed by atoms with van der Waals surface area (Å²) in [6, 6.07) is 6.76. The Morgan fingerprint density at radius 2 is 2.03 bits per heavy atom. The van der Waals surface area contributed by atoms with Gasteiger partial charge in [0.05, 0.1) is 5.25 Å². The Morgan fingerprint density at radius 3 is 2.73 bits per heavy atom. The Labute approximate surface area is 200 Å². The van der Waals surface area contributed by atoms with E-state index in [1.54, 1.807) is 26.1 Å². The number of likely N-dealkylation sites (tertiary alicyclic amines) is 1. The topological polar surface area (TPSA) is 67.2 Å². The highest BCUT2D eigenvalue weighted by molar-refractivity contribution is 8.00. The Balaban J connectivity index is 1.55. The van der Waals surface area contributed by atoms with Crippen molar-refractivity contribution in [1.82, 2.24) is 19.8 Å². The van der Waals surface area contributed by atoms with Crippen LogP contribution in [0.3, 0.4) is 0 Å². The Kier molecular flexibility index (Phi) is 9.09. The molecule has 1 N–H and O–H groups in total. The van der Waals surface area contributed by atoms with Crippen molar-refractivity contribution in [2.45, 2.75) is 69.3 Å². The van der Waals surface area contributed by atoms with Crippen molar-refractivity contribution in [2.24, 2.45) is 7.05 Å². The van der Waals surface area contributed by atoms with Crippen molar-refractivity contribution in [3.05, 3.63) is 57.3 Å². The summed E-state index contributed by atoms with van der Waals surface area (Å²) in [5, 5.41) is 3.18. The first kappa shape index (κ1) is 25.4. The van der Waals surface area contributed by atoms with Crippen molar-refractivity contribution in [2.75, 3.05) is 19.6 Å². The van der Waals surface area contributed by atoms with Crippen LogP contribution in [0.15, 0.2) is 34.2 Å². The van der Waals surface area contributed by atoms with Gasteiger partial charge in [0.1, 0.15) is 5.82 Å². The maximum absolute atomic E-state index is 13.2. The largest absolute Gasteiger partial charge is 0.355 e. The Bertz CT molecular complexity index is 1010. The normalized spacial score (nSPS) is 17.7. The lowest BCUT2D eigenvalue weighted by Crippen LogP contribution is -2.40. The van der Waals surface area contributed by atoms with E-state index in [1.165, 1.54) is 47.7 Å². The molecular weight excluding hydrogens is 439 g/mol. The van der Waals surface area contributed by atoms with Crippen LogP contribution in [0.5, 0.6) is 0 Å². The second-order valence-corrected chi connectivity index (χ2v) is 10.2. The minimum atomic E-state index is -0.362. The van der Waals surface area contributed by atoms with Crippen LogP contribution in [0, 0.1) is 12.7 Å². The summed E-state index contributed by atoms with van der Waals surface area (Å²) in [6.07, 6.45) is 5.15. The molecule has 1 amide bonds. The fraction of sp³-hybridized carbons (Fsp3) is 0.560. The number of carbonyl (C=O) groups is 1. The molecule has 1 aliphatic rings. The zero-order valence-corrected chi connectivity index (χ0v) is 20.9. The summed E-state index contributed by atoms with van der Waals surface area (Å²) in [5.74, 6) is -0.351. The third-order valence-corrected chi connectivity index (χ3v) is 7.50. The molecule has 1 aromatic heterocycles. The molecular formula is C25H35FN4O2S. The second kappa shape index (κ2) is 11.8. The van der Waals surface area contributed by atoms with Gasteiger partial charge in [-0.05, 0) is 64.3 Å². The molecule has 0 bridgehead atoms. The van der Waals surface area contributed by atoms with Crippen molar-refractivity contribution < 1.29 is 9.18 Å². The summed E-state index contributed by atoms with van der Waals surface area (Å²) in [7, 11) is 1.68. The monoisotopic (exact) mass is 474 g/mol. The number of aromatic nitrogens is 2. The number of nitrogens with one attached hydrogen (secondary N) is 1. The summed E-state index contributed by atoms with van der Waals surface area (Å²) < 4.78 is 14.7. The van der Waals surface area contributed by atoms with Crippen LogP contribution < -0.4 is 10.9 Å². The molecule has 0 radical (unpaired) electrons. The molecule has 33 heavy (non-hydrogen) atoms. The average Bonchev–Trinajstić information content (AvgIpc) is 2.80. The number of halogens is 1. The second-order valence-electron chi connectivity index (χ2n) is 8.91. The van der Waals surface area contributed by atoms with Crippen molar-refractivity contribution >= 4 is 17.7 Å². The fourth-order valence-corrected chi connectivity index (χ4v) is 5.12. The van der Waals surface area contributed by atoms with E-state index < -0.39 is 0 Å². The van der Waals surface area contributed by atoms with E-state index in [9.17, 15) is 14.0 Å². The summed E-state index contributed by atoms with van der Waals surface area (Å²) in [5.41, 5.74) is 1.92.